The highest BCUT2D eigenvalue weighted by Crippen LogP contribution is 2.11. The summed E-state index contributed by atoms with van der Waals surface area (Å²) in [6, 6.07) is 7.28. The molecule has 160 valence electrons. The Balaban J connectivity index is 2.73. The van der Waals surface area contributed by atoms with Crippen molar-refractivity contribution in [3.8, 4) is 0 Å². The molecule has 0 aromatic heterocycles. The van der Waals surface area contributed by atoms with E-state index in [4.69, 9.17) is 5.11 Å². The topological polar surface area (TPSA) is 148 Å². The zero-order chi connectivity index (χ0) is 21.6. The lowest BCUT2D eigenvalue weighted by Crippen LogP contribution is -2.54. The summed E-state index contributed by atoms with van der Waals surface area (Å²) >= 11 is 0. The maximum absolute atomic E-state index is 12.6. The van der Waals surface area contributed by atoms with Crippen LogP contribution in [0.4, 0.5) is 9.59 Å². The maximum Gasteiger partial charge on any atom is 0.407 e. The Kier molecular flexibility index (Phi) is 10.6. The Morgan fingerprint density at radius 1 is 1.00 bits per heavy atom. The summed E-state index contributed by atoms with van der Waals surface area (Å²) < 4.78 is 0. The Bertz CT molecular complexity index is 683. The standard InChI is InChI=1S/C19H28N4O6/c1-2-3-13-23(19(28)29)15(11-7-8-12-20-18(26)27)17(25)22-21-16(24)14-9-5-4-6-10-14/h4-6,9-10,15,20H,2-3,7-8,11-13H2,1H3,(H,21,24)(H,22,25)(H,26,27)(H,28,29). The molecule has 0 spiro atoms. The molecule has 1 rings (SSSR count). The number of rotatable bonds is 11. The number of hydrazine groups is 1. The molecule has 1 aromatic carbocycles. The van der Waals surface area contributed by atoms with E-state index in [1.54, 1.807) is 30.3 Å². The molecule has 5 N–H and O–H groups in total. The summed E-state index contributed by atoms with van der Waals surface area (Å²) in [4.78, 5) is 47.9. The number of amides is 4. The summed E-state index contributed by atoms with van der Waals surface area (Å²) in [6.07, 6.45) is 0.0619. The van der Waals surface area contributed by atoms with E-state index in [1.165, 1.54) is 0 Å². The first-order chi connectivity index (χ1) is 13.9. The second-order valence-corrected chi connectivity index (χ2v) is 6.38. The van der Waals surface area contributed by atoms with E-state index in [0.29, 0.717) is 24.8 Å². The second kappa shape index (κ2) is 13.0. The first-order valence-electron chi connectivity index (χ1n) is 9.48. The average Bonchev–Trinajstić information content (AvgIpc) is 2.70. The molecule has 1 aromatic rings. The van der Waals surface area contributed by atoms with E-state index in [2.05, 4.69) is 16.2 Å². The lowest BCUT2D eigenvalue weighted by atomic mass is 10.1. The number of nitrogens with one attached hydrogen (secondary N) is 3. The Morgan fingerprint density at radius 3 is 2.28 bits per heavy atom. The van der Waals surface area contributed by atoms with Crippen molar-refractivity contribution in [2.45, 2.75) is 45.1 Å². The summed E-state index contributed by atoms with van der Waals surface area (Å²) in [5.74, 6) is -1.15. The van der Waals surface area contributed by atoms with E-state index in [9.17, 15) is 24.3 Å². The van der Waals surface area contributed by atoms with Gasteiger partial charge < -0.3 is 15.5 Å². The van der Waals surface area contributed by atoms with Crippen LogP contribution in [0.3, 0.4) is 0 Å². The van der Waals surface area contributed by atoms with Gasteiger partial charge >= 0.3 is 12.2 Å². The van der Waals surface area contributed by atoms with Crippen molar-refractivity contribution in [2.75, 3.05) is 13.1 Å². The van der Waals surface area contributed by atoms with Crippen LogP contribution < -0.4 is 16.2 Å². The van der Waals surface area contributed by atoms with Crippen molar-refractivity contribution in [1.29, 1.82) is 0 Å². The molecule has 0 fully saturated rings. The van der Waals surface area contributed by atoms with Crippen molar-refractivity contribution in [1.82, 2.24) is 21.1 Å². The zero-order valence-corrected chi connectivity index (χ0v) is 16.4. The molecule has 0 saturated carbocycles. The quantitative estimate of drug-likeness (QED) is 0.279. The summed E-state index contributed by atoms with van der Waals surface area (Å²) in [7, 11) is 0. The monoisotopic (exact) mass is 408 g/mol. The van der Waals surface area contributed by atoms with Gasteiger partial charge in [0.05, 0.1) is 0 Å². The Hall–Kier alpha value is -3.30. The van der Waals surface area contributed by atoms with Crippen molar-refractivity contribution in [2.24, 2.45) is 0 Å². The molecule has 1 atom stereocenters. The third-order valence-electron chi connectivity index (χ3n) is 4.19. The molecule has 10 heteroatoms. The number of benzene rings is 1. The number of nitrogens with zero attached hydrogens (tertiary/aromatic N) is 1. The van der Waals surface area contributed by atoms with Crippen LogP contribution in [0.5, 0.6) is 0 Å². The minimum Gasteiger partial charge on any atom is -0.465 e. The fourth-order valence-electron chi connectivity index (χ4n) is 2.66. The highest BCUT2D eigenvalue weighted by atomic mass is 16.4. The van der Waals surface area contributed by atoms with Gasteiger partial charge in [0.15, 0.2) is 0 Å². The van der Waals surface area contributed by atoms with Gasteiger partial charge in [0.25, 0.3) is 11.8 Å². The molecule has 0 saturated heterocycles. The molecule has 0 aliphatic heterocycles. The van der Waals surface area contributed by atoms with E-state index in [-0.39, 0.29) is 19.5 Å². The van der Waals surface area contributed by atoms with Crippen LogP contribution in [0, 0.1) is 0 Å². The molecule has 0 bridgehead atoms. The van der Waals surface area contributed by atoms with Crippen molar-refractivity contribution in [3.63, 3.8) is 0 Å². The van der Waals surface area contributed by atoms with Gasteiger partial charge in [-0.25, -0.2) is 9.59 Å². The fraction of sp³-hybridized carbons (Fsp3) is 0.474. The number of unbranched alkanes of at least 4 members (excludes halogenated alkanes) is 2. The predicted octanol–water partition coefficient (Wildman–Crippen LogP) is 2.03. The van der Waals surface area contributed by atoms with E-state index < -0.39 is 30.0 Å². The highest BCUT2D eigenvalue weighted by Gasteiger charge is 2.29. The lowest BCUT2D eigenvalue weighted by Gasteiger charge is -2.28. The van der Waals surface area contributed by atoms with Gasteiger partial charge in [-0.2, -0.15) is 0 Å². The van der Waals surface area contributed by atoms with Gasteiger partial charge in [0, 0.05) is 18.7 Å². The van der Waals surface area contributed by atoms with Crippen LogP contribution in [0.2, 0.25) is 0 Å². The Morgan fingerprint density at radius 2 is 1.69 bits per heavy atom. The minimum absolute atomic E-state index is 0.184. The number of carboxylic acid groups (broad SMARTS) is 2. The number of carbonyl (C=O) groups is 4. The second-order valence-electron chi connectivity index (χ2n) is 6.38. The highest BCUT2D eigenvalue weighted by molar-refractivity contribution is 5.96. The van der Waals surface area contributed by atoms with Gasteiger partial charge in [-0.1, -0.05) is 31.5 Å². The van der Waals surface area contributed by atoms with Crippen molar-refractivity contribution >= 4 is 24.0 Å². The smallest absolute Gasteiger partial charge is 0.407 e. The summed E-state index contributed by atoms with van der Waals surface area (Å²) in [5, 5.41) is 20.3. The fourth-order valence-corrected chi connectivity index (χ4v) is 2.66. The van der Waals surface area contributed by atoms with Crippen LogP contribution >= 0.6 is 0 Å². The van der Waals surface area contributed by atoms with Gasteiger partial charge in [-0.3, -0.25) is 25.3 Å². The maximum atomic E-state index is 12.6. The molecule has 4 amide bonds. The van der Waals surface area contributed by atoms with E-state index in [1.807, 2.05) is 6.92 Å². The van der Waals surface area contributed by atoms with Crippen LogP contribution in [-0.4, -0.2) is 58.2 Å². The predicted molar refractivity (Wildman–Crippen MR) is 105 cm³/mol. The third kappa shape index (κ3) is 8.96. The third-order valence-corrected chi connectivity index (χ3v) is 4.19. The lowest BCUT2D eigenvalue weighted by molar-refractivity contribution is -0.127. The largest absolute Gasteiger partial charge is 0.465 e. The van der Waals surface area contributed by atoms with Crippen LogP contribution in [-0.2, 0) is 4.79 Å². The molecule has 0 heterocycles. The molecule has 0 aliphatic rings. The molecule has 0 aliphatic carbocycles. The van der Waals surface area contributed by atoms with E-state index >= 15 is 0 Å². The average molecular weight is 408 g/mol. The van der Waals surface area contributed by atoms with Gasteiger partial charge in [-0.15, -0.1) is 0 Å². The molecule has 29 heavy (non-hydrogen) atoms. The van der Waals surface area contributed by atoms with Crippen LogP contribution in [0.15, 0.2) is 30.3 Å². The van der Waals surface area contributed by atoms with Gasteiger partial charge in [0.2, 0.25) is 0 Å². The van der Waals surface area contributed by atoms with Crippen molar-refractivity contribution in [3.05, 3.63) is 35.9 Å². The molecular weight excluding hydrogens is 380 g/mol. The first kappa shape index (κ1) is 23.7. The van der Waals surface area contributed by atoms with Gasteiger partial charge in [0.1, 0.15) is 6.04 Å². The van der Waals surface area contributed by atoms with E-state index in [0.717, 1.165) is 11.3 Å². The van der Waals surface area contributed by atoms with Gasteiger partial charge in [-0.05, 0) is 37.8 Å². The minimum atomic E-state index is -1.23. The molecule has 0 radical (unpaired) electrons. The molecular formula is C19H28N4O6. The van der Waals surface area contributed by atoms with Crippen LogP contribution in [0.1, 0.15) is 49.4 Å². The van der Waals surface area contributed by atoms with Crippen LogP contribution in [0.25, 0.3) is 0 Å². The van der Waals surface area contributed by atoms with Crippen molar-refractivity contribution < 1.29 is 29.4 Å². The summed E-state index contributed by atoms with van der Waals surface area (Å²) in [5.41, 5.74) is 4.95. The normalized spacial score (nSPS) is 11.2. The number of hydrogen-bond acceptors (Lipinski definition) is 4. The molecule has 10 nitrogen and oxygen atoms in total. The molecule has 1 unspecified atom stereocenters. The first-order valence-corrected chi connectivity index (χ1v) is 9.48. The number of carbonyl (C=O) groups excluding carboxylic acids is 2. The number of hydrogen-bond donors (Lipinski definition) is 5. The Labute approximate surface area is 169 Å². The SMILES string of the molecule is CCCCN(C(=O)O)C(CCCCNC(=O)O)C(=O)NNC(=O)c1ccccc1. The zero-order valence-electron chi connectivity index (χ0n) is 16.4. The summed E-state index contributed by atoms with van der Waals surface area (Å²) in [6.45, 7) is 2.30.